The van der Waals surface area contributed by atoms with Crippen LogP contribution in [0.25, 0.3) is 17.0 Å². The second-order valence-electron chi connectivity index (χ2n) is 6.58. The average Bonchev–Trinajstić information content (AvgIpc) is 3.34. The highest BCUT2D eigenvalue weighted by molar-refractivity contribution is 7.08. The summed E-state index contributed by atoms with van der Waals surface area (Å²) in [6.07, 6.45) is 0.443. The van der Waals surface area contributed by atoms with Crippen molar-refractivity contribution in [3.05, 3.63) is 57.9 Å². The molecule has 1 aromatic carbocycles. The highest BCUT2D eigenvalue weighted by atomic mass is 32.1. The molecule has 1 atom stereocenters. The number of imidazole rings is 1. The first-order valence-corrected chi connectivity index (χ1v) is 9.41. The predicted octanol–water partition coefficient (Wildman–Crippen LogP) is 3.60. The van der Waals surface area contributed by atoms with Crippen LogP contribution in [-0.2, 0) is 11.8 Å². The predicted molar refractivity (Wildman–Crippen MR) is 102 cm³/mol. The number of hydrogen-bond acceptors (Lipinski definition) is 4. The summed E-state index contributed by atoms with van der Waals surface area (Å²) in [6.45, 7) is 1.99. The van der Waals surface area contributed by atoms with E-state index in [0.717, 1.165) is 28.1 Å². The summed E-state index contributed by atoms with van der Waals surface area (Å²) in [6, 6.07) is 10.1. The summed E-state index contributed by atoms with van der Waals surface area (Å²) in [5, 5.41) is 11.9. The molecule has 130 valence electrons. The number of carbonyl (C=O) groups excluding carboxylic acids is 1. The van der Waals surface area contributed by atoms with Crippen LogP contribution in [0.2, 0.25) is 0 Å². The smallest absolute Gasteiger partial charge is 0.233 e. The van der Waals surface area contributed by atoms with Gasteiger partial charge in [0.15, 0.2) is 0 Å². The minimum atomic E-state index is 0.00798. The fraction of sp³-hybridized carbons (Fsp3) is 0.211. The SMILES string of the molecule is Cc1nn(-c2nc3ccccc3n2C)c2c1[C@H](c1ccsc1)CC(=O)N2. The maximum absolute atomic E-state index is 12.4. The summed E-state index contributed by atoms with van der Waals surface area (Å²) >= 11 is 1.65. The van der Waals surface area contributed by atoms with Crippen molar-refractivity contribution in [1.82, 2.24) is 19.3 Å². The normalized spacial score (nSPS) is 16.7. The molecule has 4 aromatic rings. The summed E-state index contributed by atoms with van der Waals surface area (Å²) in [4.78, 5) is 17.1. The van der Waals surface area contributed by atoms with Gasteiger partial charge in [-0.25, -0.2) is 4.98 Å². The fourth-order valence-corrected chi connectivity index (χ4v) is 4.49. The largest absolute Gasteiger partial charge is 0.311 e. The molecule has 4 heterocycles. The number of nitrogens with one attached hydrogen (secondary N) is 1. The van der Waals surface area contributed by atoms with E-state index >= 15 is 0 Å². The third kappa shape index (κ3) is 2.13. The van der Waals surface area contributed by atoms with Crippen LogP contribution in [-0.4, -0.2) is 25.2 Å². The lowest BCUT2D eigenvalue weighted by Crippen LogP contribution is -2.25. The maximum atomic E-state index is 12.4. The van der Waals surface area contributed by atoms with Crippen molar-refractivity contribution in [3.63, 3.8) is 0 Å². The van der Waals surface area contributed by atoms with Crippen molar-refractivity contribution in [1.29, 1.82) is 0 Å². The van der Waals surface area contributed by atoms with Crippen LogP contribution >= 0.6 is 11.3 Å². The van der Waals surface area contributed by atoms with Gasteiger partial charge in [0.05, 0.1) is 16.7 Å². The number of benzene rings is 1. The molecular weight excluding hydrogens is 346 g/mol. The van der Waals surface area contributed by atoms with Crippen LogP contribution in [0.5, 0.6) is 0 Å². The Morgan fingerprint density at radius 3 is 2.88 bits per heavy atom. The molecule has 3 aromatic heterocycles. The zero-order valence-electron chi connectivity index (χ0n) is 14.4. The van der Waals surface area contributed by atoms with Gasteiger partial charge in [-0.15, -0.1) is 0 Å². The first-order valence-electron chi connectivity index (χ1n) is 8.47. The Balaban J connectivity index is 1.74. The average molecular weight is 363 g/mol. The molecule has 7 heteroatoms. The number of para-hydroxylation sites is 2. The van der Waals surface area contributed by atoms with Gasteiger partial charge in [0.2, 0.25) is 11.9 Å². The van der Waals surface area contributed by atoms with E-state index in [1.807, 2.05) is 48.2 Å². The molecule has 1 aliphatic rings. The summed E-state index contributed by atoms with van der Waals surface area (Å²) in [5.74, 6) is 1.47. The third-order valence-electron chi connectivity index (χ3n) is 5.00. The highest BCUT2D eigenvalue weighted by Gasteiger charge is 2.33. The van der Waals surface area contributed by atoms with Gasteiger partial charge in [0.25, 0.3) is 0 Å². The Bertz CT molecular complexity index is 1140. The van der Waals surface area contributed by atoms with Crippen LogP contribution in [0.4, 0.5) is 5.82 Å². The van der Waals surface area contributed by atoms with Crippen LogP contribution < -0.4 is 5.32 Å². The number of anilines is 1. The lowest BCUT2D eigenvalue weighted by atomic mass is 9.87. The van der Waals surface area contributed by atoms with Gasteiger partial charge in [-0.2, -0.15) is 21.1 Å². The number of amides is 1. The summed E-state index contributed by atoms with van der Waals surface area (Å²) in [7, 11) is 1.97. The number of aromatic nitrogens is 4. The lowest BCUT2D eigenvalue weighted by Gasteiger charge is -2.23. The standard InChI is InChI=1S/C19H17N5OS/c1-11-17-13(12-7-8-26-10-12)9-16(25)21-18(17)24(22-11)19-20-14-5-3-4-6-15(14)23(19)2/h3-8,10,13H,9H2,1-2H3,(H,21,25)/t13-/m0/s1. The van der Waals surface area contributed by atoms with Crippen molar-refractivity contribution in [2.24, 2.45) is 7.05 Å². The molecule has 0 bridgehead atoms. The Kier molecular flexibility index (Phi) is 3.27. The summed E-state index contributed by atoms with van der Waals surface area (Å²) < 4.78 is 3.77. The molecule has 0 fully saturated rings. The fourth-order valence-electron chi connectivity index (χ4n) is 3.77. The number of hydrogen-bond donors (Lipinski definition) is 1. The molecule has 6 nitrogen and oxygen atoms in total. The molecule has 0 radical (unpaired) electrons. The van der Waals surface area contributed by atoms with Crippen molar-refractivity contribution in [3.8, 4) is 5.95 Å². The number of nitrogens with zero attached hydrogens (tertiary/aromatic N) is 4. The van der Waals surface area contributed by atoms with E-state index in [4.69, 9.17) is 10.1 Å². The van der Waals surface area contributed by atoms with Crippen LogP contribution in [0.1, 0.15) is 29.2 Å². The number of fused-ring (bicyclic) bond motifs is 2. The van der Waals surface area contributed by atoms with Gasteiger partial charge in [-0.1, -0.05) is 12.1 Å². The van der Waals surface area contributed by atoms with E-state index < -0.39 is 0 Å². The van der Waals surface area contributed by atoms with E-state index in [2.05, 4.69) is 16.8 Å². The lowest BCUT2D eigenvalue weighted by molar-refractivity contribution is -0.116. The molecule has 0 saturated carbocycles. The van der Waals surface area contributed by atoms with Gasteiger partial charge in [-0.05, 0) is 41.4 Å². The van der Waals surface area contributed by atoms with Crippen LogP contribution in [0.3, 0.4) is 0 Å². The minimum absolute atomic E-state index is 0.00798. The van der Waals surface area contributed by atoms with Crippen molar-refractivity contribution < 1.29 is 4.79 Å². The first-order chi connectivity index (χ1) is 12.6. The van der Waals surface area contributed by atoms with Crippen LogP contribution in [0.15, 0.2) is 41.1 Å². The van der Waals surface area contributed by atoms with Crippen molar-refractivity contribution in [2.75, 3.05) is 5.32 Å². The molecular formula is C19H17N5OS. The molecule has 0 saturated heterocycles. The molecule has 0 aliphatic carbocycles. The molecule has 5 rings (SSSR count). The third-order valence-corrected chi connectivity index (χ3v) is 5.70. The maximum Gasteiger partial charge on any atom is 0.233 e. The van der Waals surface area contributed by atoms with Gasteiger partial charge in [-0.3, -0.25) is 4.79 Å². The Labute approximate surface area is 154 Å². The number of thiophene rings is 1. The van der Waals surface area contributed by atoms with E-state index in [-0.39, 0.29) is 11.8 Å². The second-order valence-corrected chi connectivity index (χ2v) is 7.36. The van der Waals surface area contributed by atoms with Gasteiger partial charge >= 0.3 is 0 Å². The Hall–Kier alpha value is -2.93. The zero-order valence-corrected chi connectivity index (χ0v) is 15.2. The van der Waals surface area contributed by atoms with Gasteiger partial charge in [0, 0.05) is 24.9 Å². The molecule has 0 spiro atoms. The number of rotatable bonds is 2. The molecule has 1 amide bonds. The van der Waals surface area contributed by atoms with E-state index in [1.165, 1.54) is 5.56 Å². The number of carbonyl (C=O) groups is 1. The monoisotopic (exact) mass is 363 g/mol. The quantitative estimate of drug-likeness (QED) is 0.592. The summed E-state index contributed by atoms with van der Waals surface area (Å²) in [5.41, 5.74) is 5.10. The minimum Gasteiger partial charge on any atom is -0.311 e. The molecule has 26 heavy (non-hydrogen) atoms. The zero-order chi connectivity index (χ0) is 17.8. The second kappa shape index (κ2) is 5.54. The molecule has 0 unspecified atom stereocenters. The topological polar surface area (TPSA) is 64.7 Å². The Morgan fingerprint density at radius 2 is 2.12 bits per heavy atom. The van der Waals surface area contributed by atoms with E-state index in [0.29, 0.717) is 12.4 Å². The molecule has 1 N–H and O–H groups in total. The molecule has 1 aliphatic heterocycles. The van der Waals surface area contributed by atoms with E-state index in [9.17, 15) is 4.79 Å². The first kappa shape index (κ1) is 15.3. The highest BCUT2D eigenvalue weighted by Crippen LogP contribution is 2.40. The van der Waals surface area contributed by atoms with Gasteiger partial charge < -0.3 is 9.88 Å². The van der Waals surface area contributed by atoms with E-state index in [1.54, 1.807) is 16.0 Å². The van der Waals surface area contributed by atoms with Crippen molar-refractivity contribution in [2.45, 2.75) is 19.3 Å². The van der Waals surface area contributed by atoms with Crippen molar-refractivity contribution >= 4 is 34.1 Å². The Morgan fingerprint density at radius 1 is 1.27 bits per heavy atom. The van der Waals surface area contributed by atoms with Crippen LogP contribution in [0, 0.1) is 6.92 Å². The number of aryl methyl sites for hydroxylation is 2. The van der Waals surface area contributed by atoms with Gasteiger partial charge in [0.1, 0.15) is 5.82 Å².